The zero-order valence-corrected chi connectivity index (χ0v) is 17.9. The number of likely N-dealkylation sites (tertiary alicyclic amines) is 1. The molecule has 2 aromatic rings. The topological polar surface area (TPSA) is 54.3 Å². The number of hydrogen-bond acceptors (Lipinski definition) is 6. The minimum atomic E-state index is 0.259. The number of rotatable bonds is 3. The van der Waals surface area contributed by atoms with Gasteiger partial charge < -0.3 is 9.47 Å². The molecule has 2 saturated heterocycles. The monoisotopic (exact) mass is 411 g/mol. The molecule has 5 heterocycles. The maximum Gasteiger partial charge on any atom is 0.255 e. The van der Waals surface area contributed by atoms with E-state index in [1.807, 2.05) is 6.92 Å². The molecular formula is C22H29N5OS. The Labute approximate surface area is 175 Å². The van der Waals surface area contributed by atoms with Crippen LogP contribution in [-0.2, 0) is 13.1 Å². The third-order valence-electron chi connectivity index (χ3n) is 7.66. The van der Waals surface area contributed by atoms with Crippen LogP contribution in [0, 0.1) is 24.7 Å². The number of anilines is 1. The van der Waals surface area contributed by atoms with Crippen molar-refractivity contribution in [1.82, 2.24) is 19.7 Å². The molecule has 0 radical (unpaired) electrons. The fourth-order valence-corrected chi connectivity index (χ4v) is 7.09. The standard InChI is InChI=1S/C22H29N5OS/c1-14-23-24-22(29-14)26-8-15-7-19(13-26)20-6-5-18(21(28)27(20)9-15)12-25-10-16-3-2-4-17(16)11-25/h5-6,15-17,19H,2-4,7-13H2,1H3/t15-,16-,17+,19+/m0/s1. The highest BCUT2D eigenvalue weighted by molar-refractivity contribution is 7.15. The highest BCUT2D eigenvalue weighted by atomic mass is 32.1. The molecule has 7 heteroatoms. The predicted octanol–water partition coefficient (Wildman–Crippen LogP) is 2.86. The second-order valence-corrected chi connectivity index (χ2v) is 10.8. The molecule has 2 aromatic heterocycles. The Hall–Kier alpha value is -1.73. The van der Waals surface area contributed by atoms with Crippen molar-refractivity contribution in [3.8, 4) is 0 Å². The molecule has 2 bridgehead atoms. The third kappa shape index (κ3) is 3.13. The van der Waals surface area contributed by atoms with Crippen molar-refractivity contribution in [3.63, 3.8) is 0 Å². The number of pyridine rings is 1. The summed E-state index contributed by atoms with van der Waals surface area (Å²) in [4.78, 5) is 18.2. The highest BCUT2D eigenvalue weighted by Crippen LogP contribution is 2.39. The Morgan fingerprint density at radius 2 is 1.90 bits per heavy atom. The summed E-state index contributed by atoms with van der Waals surface area (Å²) in [6, 6.07) is 4.36. The minimum absolute atomic E-state index is 0.259. The summed E-state index contributed by atoms with van der Waals surface area (Å²) in [6.45, 7) is 7.99. The summed E-state index contributed by atoms with van der Waals surface area (Å²) in [6.07, 6.45) is 5.36. The van der Waals surface area contributed by atoms with Gasteiger partial charge in [-0.3, -0.25) is 9.69 Å². The first-order valence-corrected chi connectivity index (χ1v) is 12.0. The van der Waals surface area contributed by atoms with Crippen molar-refractivity contribution in [2.75, 3.05) is 31.1 Å². The first-order chi connectivity index (χ1) is 14.1. The van der Waals surface area contributed by atoms with Gasteiger partial charge in [0.25, 0.3) is 5.56 Å². The lowest BCUT2D eigenvalue weighted by Gasteiger charge is -2.42. The molecule has 3 aliphatic heterocycles. The zero-order valence-electron chi connectivity index (χ0n) is 17.1. The maximum absolute atomic E-state index is 13.3. The molecule has 0 unspecified atom stereocenters. The van der Waals surface area contributed by atoms with E-state index in [-0.39, 0.29) is 5.56 Å². The van der Waals surface area contributed by atoms with Gasteiger partial charge in [-0.2, -0.15) is 0 Å². The summed E-state index contributed by atoms with van der Waals surface area (Å²) in [5.74, 6) is 2.69. The first-order valence-electron chi connectivity index (χ1n) is 11.1. The van der Waals surface area contributed by atoms with E-state index < -0.39 is 0 Å². The lowest BCUT2D eigenvalue weighted by Crippen LogP contribution is -2.47. The largest absolute Gasteiger partial charge is 0.346 e. The van der Waals surface area contributed by atoms with Gasteiger partial charge in [-0.1, -0.05) is 23.8 Å². The van der Waals surface area contributed by atoms with Gasteiger partial charge in [-0.25, -0.2) is 0 Å². The molecule has 0 spiro atoms. The number of nitrogens with zero attached hydrogens (tertiary/aromatic N) is 5. The van der Waals surface area contributed by atoms with Crippen LogP contribution < -0.4 is 10.5 Å². The molecule has 4 aliphatic rings. The number of hydrogen-bond donors (Lipinski definition) is 0. The second-order valence-electron chi connectivity index (χ2n) is 9.65. The van der Waals surface area contributed by atoms with Gasteiger partial charge in [0.05, 0.1) is 0 Å². The Balaban J connectivity index is 1.23. The molecule has 3 fully saturated rings. The summed E-state index contributed by atoms with van der Waals surface area (Å²) < 4.78 is 2.10. The van der Waals surface area contributed by atoms with E-state index >= 15 is 0 Å². The van der Waals surface area contributed by atoms with E-state index in [1.165, 1.54) is 44.5 Å². The number of aromatic nitrogens is 3. The molecule has 29 heavy (non-hydrogen) atoms. The average Bonchev–Trinajstić information content (AvgIpc) is 3.41. The Kier molecular flexibility index (Phi) is 4.31. The van der Waals surface area contributed by atoms with Crippen molar-refractivity contribution in [2.24, 2.45) is 17.8 Å². The molecule has 154 valence electrons. The number of aryl methyl sites for hydroxylation is 1. The van der Waals surface area contributed by atoms with Crippen LogP contribution in [-0.4, -0.2) is 45.8 Å². The Bertz CT molecular complexity index is 972. The minimum Gasteiger partial charge on any atom is -0.346 e. The fraction of sp³-hybridized carbons (Fsp3) is 0.682. The van der Waals surface area contributed by atoms with Crippen LogP contribution in [0.5, 0.6) is 0 Å². The van der Waals surface area contributed by atoms with Gasteiger partial charge in [0, 0.05) is 56.4 Å². The van der Waals surface area contributed by atoms with Crippen LogP contribution in [0.15, 0.2) is 16.9 Å². The van der Waals surface area contributed by atoms with E-state index in [1.54, 1.807) is 11.3 Å². The van der Waals surface area contributed by atoms with Crippen molar-refractivity contribution in [3.05, 3.63) is 38.8 Å². The lowest BCUT2D eigenvalue weighted by atomic mass is 9.83. The summed E-state index contributed by atoms with van der Waals surface area (Å²) in [7, 11) is 0. The van der Waals surface area contributed by atoms with E-state index in [0.29, 0.717) is 11.8 Å². The molecule has 0 amide bonds. The normalized spacial score (nSPS) is 31.1. The van der Waals surface area contributed by atoms with Gasteiger partial charge in [0.1, 0.15) is 5.01 Å². The van der Waals surface area contributed by atoms with Crippen LogP contribution in [0.4, 0.5) is 5.13 Å². The van der Waals surface area contributed by atoms with Crippen LogP contribution in [0.1, 0.15) is 47.9 Å². The molecule has 0 N–H and O–H groups in total. The van der Waals surface area contributed by atoms with Crippen LogP contribution in [0.2, 0.25) is 0 Å². The zero-order chi connectivity index (χ0) is 19.5. The van der Waals surface area contributed by atoms with E-state index in [2.05, 4.69) is 36.7 Å². The Morgan fingerprint density at radius 3 is 2.66 bits per heavy atom. The van der Waals surface area contributed by atoms with Crippen molar-refractivity contribution in [2.45, 2.75) is 51.6 Å². The van der Waals surface area contributed by atoms with Crippen LogP contribution in [0.3, 0.4) is 0 Å². The summed E-state index contributed by atoms with van der Waals surface area (Å²) in [5.41, 5.74) is 2.47. The molecule has 0 aromatic carbocycles. The SMILES string of the molecule is Cc1nnc(N2C[C@@H]3C[C@H](C2)c2ccc(CN4C[C@H]5CCC[C@H]5C4)c(=O)n2C3)s1. The lowest BCUT2D eigenvalue weighted by molar-refractivity contribution is 0.274. The molecule has 6 nitrogen and oxygen atoms in total. The van der Waals surface area contributed by atoms with Crippen molar-refractivity contribution >= 4 is 16.5 Å². The number of piperidine rings is 1. The first kappa shape index (κ1) is 18.1. The molecule has 6 rings (SSSR count). The smallest absolute Gasteiger partial charge is 0.255 e. The molecular weight excluding hydrogens is 382 g/mol. The van der Waals surface area contributed by atoms with E-state index in [4.69, 9.17) is 0 Å². The van der Waals surface area contributed by atoms with Crippen molar-refractivity contribution in [1.29, 1.82) is 0 Å². The van der Waals surface area contributed by atoms with Gasteiger partial charge in [-0.15, -0.1) is 10.2 Å². The molecule has 1 saturated carbocycles. The summed E-state index contributed by atoms with van der Waals surface area (Å²) in [5, 5.41) is 10.6. The van der Waals surface area contributed by atoms with Gasteiger partial charge in [0.15, 0.2) is 0 Å². The van der Waals surface area contributed by atoms with Crippen LogP contribution in [0.25, 0.3) is 0 Å². The quantitative estimate of drug-likeness (QED) is 0.777. The van der Waals surface area contributed by atoms with Gasteiger partial charge >= 0.3 is 0 Å². The third-order valence-corrected chi connectivity index (χ3v) is 8.56. The van der Waals surface area contributed by atoms with Crippen molar-refractivity contribution < 1.29 is 0 Å². The van der Waals surface area contributed by atoms with Gasteiger partial charge in [-0.05, 0) is 50.0 Å². The van der Waals surface area contributed by atoms with Crippen LogP contribution >= 0.6 is 11.3 Å². The Morgan fingerprint density at radius 1 is 1.07 bits per heavy atom. The summed E-state index contributed by atoms with van der Waals surface area (Å²) >= 11 is 1.67. The maximum atomic E-state index is 13.3. The predicted molar refractivity (Wildman–Crippen MR) is 115 cm³/mol. The average molecular weight is 412 g/mol. The second kappa shape index (κ2) is 6.91. The molecule has 1 aliphatic carbocycles. The van der Waals surface area contributed by atoms with E-state index in [0.717, 1.165) is 53.7 Å². The fourth-order valence-electron chi connectivity index (χ4n) is 6.38. The number of fused-ring (bicyclic) bond motifs is 5. The molecule has 4 atom stereocenters. The van der Waals surface area contributed by atoms with Gasteiger partial charge in [0.2, 0.25) is 5.13 Å². The highest BCUT2D eigenvalue weighted by Gasteiger charge is 2.38. The van der Waals surface area contributed by atoms with E-state index in [9.17, 15) is 4.79 Å².